The summed E-state index contributed by atoms with van der Waals surface area (Å²) in [6.07, 6.45) is -4.64. The van der Waals surface area contributed by atoms with E-state index in [1.54, 1.807) is 19.1 Å². The van der Waals surface area contributed by atoms with Crippen molar-refractivity contribution in [3.8, 4) is 11.4 Å². The van der Waals surface area contributed by atoms with Gasteiger partial charge in [0.05, 0.1) is 0 Å². The molecular formula is C10H9ClF3N3O. The Kier molecular flexibility index (Phi) is 3.85. The van der Waals surface area contributed by atoms with Crippen molar-refractivity contribution in [3.05, 3.63) is 29.7 Å². The standard InChI is InChI=1S/C10H8F3N3O.ClH/c1-5-2-3-6(4-7(5)14)8-15-9(17-16-8)10(11,12)13;/h2-4H,14H2,1H3;1H. The number of nitrogens with two attached hydrogens (primary N) is 1. The van der Waals surface area contributed by atoms with Crippen LogP contribution >= 0.6 is 12.4 Å². The number of halogens is 4. The number of nitrogen functional groups attached to an aromatic ring is 1. The number of aryl methyl sites for hydroxylation is 1. The SMILES string of the molecule is Cc1ccc(-c2noc(C(F)(F)F)n2)cc1N.Cl. The van der Waals surface area contributed by atoms with Gasteiger partial charge in [-0.1, -0.05) is 17.3 Å². The molecule has 2 aromatic rings. The lowest BCUT2D eigenvalue weighted by atomic mass is 10.1. The molecule has 0 saturated carbocycles. The third kappa shape index (κ3) is 2.73. The molecule has 18 heavy (non-hydrogen) atoms. The van der Waals surface area contributed by atoms with Gasteiger partial charge in [-0.25, -0.2) is 0 Å². The number of benzene rings is 1. The molecule has 0 atom stereocenters. The Balaban J connectivity index is 0.00000162. The molecular weight excluding hydrogens is 271 g/mol. The van der Waals surface area contributed by atoms with Crippen LogP contribution in [0.25, 0.3) is 11.4 Å². The van der Waals surface area contributed by atoms with Gasteiger partial charge in [-0.2, -0.15) is 18.2 Å². The van der Waals surface area contributed by atoms with E-state index in [2.05, 4.69) is 14.7 Å². The Morgan fingerprint density at radius 2 is 1.94 bits per heavy atom. The maximum Gasteiger partial charge on any atom is 0.471 e. The number of rotatable bonds is 1. The van der Waals surface area contributed by atoms with E-state index >= 15 is 0 Å². The minimum absolute atomic E-state index is 0. The van der Waals surface area contributed by atoms with Crippen molar-refractivity contribution < 1.29 is 17.7 Å². The largest absolute Gasteiger partial charge is 0.471 e. The zero-order valence-corrected chi connectivity index (χ0v) is 9.97. The van der Waals surface area contributed by atoms with E-state index in [1.165, 1.54) is 6.07 Å². The quantitative estimate of drug-likeness (QED) is 0.815. The number of anilines is 1. The Morgan fingerprint density at radius 3 is 2.44 bits per heavy atom. The van der Waals surface area contributed by atoms with Crippen LogP contribution in [0.3, 0.4) is 0 Å². The monoisotopic (exact) mass is 279 g/mol. The van der Waals surface area contributed by atoms with Crippen molar-refractivity contribution in [1.29, 1.82) is 0 Å². The summed E-state index contributed by atoms with van der Waals surface area (Å²) in [6, 6.07) is 4.76. The van der Waals surface area contributed by atoms with Crippen LogP contribution in [0.2, 0.25) is 0 Å². The predicted molar refractivity (Wildman–Crippen MR) is 61.1 cm³/mol. The smallest absolute Gasteiger partial charge is 0.398 e. The van der Waals surface area contributed by atoms with Crippen LogP contribution < -0.4 is 5.73 Å². The molecule has 8 heteroatoms. The summed E-state index contributed by atoms with van der Waals surface area (Å²) >= 11 is 0. The summed E-state index contributed by atoms with van der Waals surface area (Å²) in [5.41, 5.74) is 7.31. The Hall–Kier alpha value is -1.76. The first-order chi connectivity index (χ1) is 7.88. The molecule has 0 bridgehead atoms. The lowest BCUT2D eigenvalue weighted by molar-refractivity contribution is -0.159. The van der Waals surface area contributed by atoms with E-state index in [0.29, 0.717) is 11.3 Å². The molecule has 0 amide bonds. The fourth-order valence-electron chi connectivity index (χ4n) is 1.24. The second-order valence-electron chi connectivity index (χ2n) is 3.49. The molecule has 0 aliphatic carbocycles. The van der Waals surface area contributed by atoms with Gasteiger partial charge in [0.2, 0.25) is 5.82 Å². The Bertz CT molecular complexity index is 554. The van der Waals surface area contributed by atoms with Gasteiger partial charge in [0.15, 0.2) is 0 Å². The van der Waals surface area contributed by atoms with E-state index in [4.69, 9.17) is 5.73 Å². The molecule has 0 radical (unpaired) electrons. The van der Waals surface area contributed by atoms with Crippen LogP contribution in [0, 0.1) is 6.92 Å². The van der Waals surface area contributed by atoms with Crippen molar-refractivity contribution in [1.82, 2.24) is 10.1 Å². The van der Waals surface area contributed by atoms with Crippen molar-refractivity contribution >= 4 is 18.1 Å². The average molecular weight is 280 g/mol. The number of aromatic nitrogens is 2. The highest BCUT2D eigenvalue weighted by molar-refractivity contribution is 5.85. The Morgan fingerprint density at radius 1 is 1.28 bits per heavy atom. The summed E-state index contributed by atoms with van der Waals surface area (Å²) in [5.74, 6) is -1.50. The molecule has 0 unspecified atom stereocenters. The summed E-state index contributed by atoms with van der Waals surface area (Å²) in [5, 5.41) is 3.26. The molecule has 0 aliphatic heterocycles. The van der Waals surface area contributed by atoms with Crippen LogP contribution in [0.4, 0.5) is 18.9 Å². The maximum atomic E-state index is 12.2. The summed E-state index contributed by atoms with van der Waals surface area (Å²) in [4.78, 5) is 3.26. The zero-order chi connectivity index (χ0) is 12.6. The van der Waals surface area contributed by atoms with Crippen molar-refractivity contribution in [2.75, 3.05) is 5.73 Å². The van der Waals surface area contributed by atoms with Crippen LogP contribution in [0.15, 0.2) is 22.7 Å². The molecule has 0 fully saturated rings. The topological polar surface area (TPSA) is 64.9 Å². The summed E-state index contributed by atoms with van der Waals surface area (Å²) in [7, 11) is 0. The highest BCUT2D eigenvalue weighted by Crippen LogP contribution is 2.29. The molecule has 0 saturated heterocycles. The lowest BCUT2D eigenvalue weighted by Gasteiger charge is -2.00. The highest BCUT2D eigenvalue weighted by Gasteiger charge is 2.38. The van der Waals surface area contributed by atoms with Gasteiger partial charge in [0.1, 0.15) is 0 Å². The van der Waals surface area contributed by atoms with Crippen LogP contribution in [-0.2, 0) is 6.18 Å². The van der Waals surface area contributed by atoms with E-state index < -0.39 is 12.1 Å². The minimum atomic E-state index is -4.64. The van der Waals surface area contributed by atoms with Crippen molar-refractivity contribution in [2.24, 2.45) is 0 Å². The number of hydrogen-bond acceptors (Lipinski definition) is 4. The van der Waals surface area contributed by atoms with Gasteiger partial charge in [-0.15, -0.1) is 12.4 Å². The molecule has 4 nitrogen and oxygen atoms in total. The first-order valence-corrected chi connectivity index (χ1v) is 4.65. The molecule has 2 N–H and O–H groups in total. The van der Waals surface area contributed by atoms with Gasteiger partial charge < -0.3 is 10.3 Å². The second kappa shape index (κ2) is 4.85. The maximum absolute atomic E-state index is 12.2. The number of hydrogen-bond donors (Lipinski definition) is 1. The fraction of sp³-hybridized carbons (Fsp3) is 0.200. The van der Waals surface area contributed by atoms with Gasteiger partial charge in [-0.05, 0) is 18.6 Å². The summed E-state index contributed by atoms with van der Waals surface area (Å²) in [6.45, 7) is 1.79. The average Bonchev–Trinajstić information content (AvgIpc) is 2.70. The number of alkyl halides is 3. The van der Waals surface area contributed by atoms with Crippen LogP contribution in [0.5, 0.6) is 0 Å². The molecule has 1 aromatic heterocycles. The fourth-order valence-corrected chi connectivity index (χ4v) is 1.24. The molecule has 98 valence electrons. The van der Waals surface area contributed by atoms with Gasteiger partial charge in [0.25, 0.3) is 0 Å². The normalized spacial score (nSPS) is 11.1. The molecule has 0 aliphatic rings. The van der Waals surface area contributed by atoms with Gasteiger partial charge >= 0.3 is 12.1 Å². The molecule has 1 aromatic carbocycles. The Labute approximate surface area is 106 Å². The van der Waals surface area contributed by atoms with Gasteiger partial charge in [-0.3, -0.25) is 0 Å². The third-order valence-corrected chi connectivity index (χ3v) is 2.21. The van der Waals surface area contributed by atoms with Crippen LogP contribution in [0.1, 0.15) is 11.5 Å². The minimum Gasteiger partial charge on any atom is -0.398 e. The van der Waals surface area contributed by atoms with Gasteiger partial charge in [0, 0.05) is 11.3 Å². The van der Waals surface area contributed by atoms with E-state index in [0.717, 1.165) is 5.56 Å². The molecule has 0 spiro atoms. The number of nitrogens with zero attached hydrogens (tertiary/aromatic N) is 2. The predicted octanol–water partition coefficient (Wildman–Crippen LogP) is 3.07. The molecule has 1 heterocycles. The van der Waals surface area contributed by atoms with Crippen molar-refractivity contribution in [2.45, 2.75) is 13.1 Å². The van der Waals surface area contributed by atoms with E-state index in [9.17, 15) is 13.2 Å². The highest BCUT2D eigenvalue weighted by atomic mass is 35.5. The zero-order valence-electron chi connectivity index (χ0n) is 9.15. The third-order valence-electron chi connectivity index (χ3n) is 2.21. The van der Waals surface area contributed by atoms with E-state index in [1.807, 2.05) is 0 Å². The molecule has 2 rings (SSSR count). The first kappa shape index (κ1) is 14.3. The van der Waals surface area contributed by atoms with Crippen LogP contribution in [-0.4, -0.2) is 10.1 Å². The first-order valence-electron chi connectivity index (χ1n) is 4.65. The second-order valence-corrected chi connectivity index (χ2v) is 3.49. The van der Waals surface area contributed by atoms with Crippen molar-refractivity contribution in [3.63, 3.8) is 0 Å². The van der Waals surface area contributed by atoms with E-state index in [-0.39, 0.29) is 18.2 Å². The summed E-state index contributed by atoms with van der Waals surface area (Å²) < 4.78 is 40.8. The lowest BCUT2D eigenvalue weighted by Crippen LogP contribution is -2.04.